The van der Waals surface area contributed by atoms with Gasteiger partial charge in [0, 0.05) is 24.1 Å². The number of aromatic nitrogens is 3. The van der Waals surface area contributed by atoms with E-state index in [-0.39, 0.29) is 17.9 Å². The van der Waals surface area contributed by atoms with E-state index in [1.165, 1.54) is 30.5 Å². The lowest BCUT2D eigenvalue weighted by molar-refractivity contribution is 0.0458. The molecule has 0 atom stereocenters. The number of ether oxygens (including phenoxy) is 3. The first kappa shape index (κ1) is 18.6. The molecule has 0 aliphatic carbocycles. The number of carbonyl (C=O) groups excluding carboxylic acids is 1. The Kier molecular flexibility index (Phi) is 5.51. The highest BCUT2D eigenvalue weighted by atomic mass is 32.1. The van der Waals surface area contributed by atoms with Gasteiger partial charge in [-0.25, -0.2) is 14.5 Å². The molecule has 0 unspecified atom stereocenters. The smallest absolute Gasteiger partial charge is 0.359 e. The molecule has 3 aromatic rings. The molecule has 0 radical (unpaired) electrons. The molecular weight excluding hydrogens is 370 g/mol. The molecule has 0 bridgehead atoms. The zero-order chi connectivity index (χ0) is 19.4. The molecule has 0 aliphatic heterocycles. The van der Waals surface area contributed by atoms with E-state index in [0.717, 1.165) is 15.3 Å². The number of benzene rings is 1. The molecule has 27 heavy (non-hydrogen) atoms. The van der Waals surface area contributed by atoms with Crippen LogP contribution in [0.15, 0.2) is 40.5 Å². The van der Waals surface area contributed by atoms with Crippen LogP contribution in [0.5, 0.6) is 11.5 Å². The summed E-state index contributed by atoms with van der Waals surface area (Å²) in [4.78, 5) is 27.9. The molecule has 2 heterocycles. The summed E-state index contributed by atoms with van der Waals surface area (Å²) in [6, 6.07) is 8.12. The average molecular weight is 387 g/mol. The van der Waals surface area contributed by atoms with Crippen LogP contribution in [0.4, 0.5) is 0 Å². The van der Waals surface area contributed by atoms with E-state index in [9.17, 15) is 9.59 Å². The van der Waals surface area contributed by atoms with Crippen molar-refractivity contribution in [2.75, 3.05) is 14.2 Å². The van der Waals surface area contributed by atoms with Gasteiger partial charge in [0.05, 0.1) is 19.9 Å². The number of hydrogen-bond donors (Lipinski definition) is 0. The Morgan fingerprint density at radius 2 is 1.93 bits per heavy atom. The summed E-state index contributed by atoms with van der Waals surface area (Å²) in [6.07, 6.45) is 0. The maximum absolute atomic E-state index is 12.1. The fourth-order valence-corrected chi connectivity index (χ4v) is 3.10. The minimum Gasteiger partial charge on any atom is -0.493 e. The fraction of sp³-hybridized carbons (Fsp3) is 0.222. The molecule has 0 saturated carbocycles. The van der Waals surface area contributed by atoms with Crippen LogP contribution < -0.4 is 15.0 Å². The molecule has 3 rings (SSSR count). The lowest BCUT2D eigenvalue weighted by Crippen LogP contribution is -2.21. The molecule has 1 aromatic carbocycles. The van der Waals surface area contributed by atoms with Crippen LogP contribution in [0.2, 0.25) is 0 Å². The van der Waals surface area contributed by atoms with Gasteiger partial charge in [0.1, 0.15) is 11.6 Å². The van der Waals surface area contributed by atoms with Crippen LogP contribution in [0.3, 0.4) is 0 Å². The Balaban J connectivity index is 1.70. The van der Waals surface area contributed by atoms with Gasteiger partial charge in [-0.1, -0.05) is 0 Å². The lowest BCUT2D eigenvalue weighted by atomic mass is 10.2. The molecule has 0 saturated heterocycles. The quantitative estimate of drug-likeness (QED) is 0.599. The highest BCUT2D eigenvalue weighted by molar-refractivity contribution is 7.13. The van der Waals surface area contributed by atoms with E-state index in [2.05, 4.69) is 10.1 Å². The van der Waals surface area contributed by atoms with Gasteiger partial charge in [0.25, 0.3) is 5.56 Å². The summed E-state index contributed by atoms with van der Waals surface area (Å²) < 4.78 is 16.8. The standard InChI is InChI=1S/C18H17N3O5S/c1-21-16(22)7-5-13(20-21)18(23)26-9-12-10-27-17(19-12)11-4-6-14(24-2)15(8-11)25-3/h4-8,10H,9H2,1-3H3. The Bertz CT molecular complexity index is 1030. The molecule has 2 aromatic heterocycles. The molecule has 0 aliphatic rings. The topological polar surface area (TPSA) is 92.5 Å². The van der Waals surface area contributed by atoms with Crippen LogP contribution in [0, 0.1) is 0 Å². The molecule has 0 fully saturated rings. The highest BCUT2D eigenvalue weighted by Gasteiger charge is 2.13. The molecular formula is C18H17N3O5S. The summed E-state index contributed by atoms with van der Waals surface area (Å²) in [5, 5.41) is 6.44. The van der Waals surface area contributed by atoms with Crippen molar-refractivity contribution in [3.63, 3.8) is 0 Å². The van der Waals surface area contributed by atoms with Gasteiger partial charge in [-0.15, -0.1) is 11.3 Å². The molecule has 0 amide bonds. The Morgan fingerprint density at radius 3 is 2.63 bits per heavy atom. The predicted molar refractivity (Wildman–Crippen MR) is 99.3 cm³/mol. The van der Waals surface area contributed by atoms with E-state index in [1.54, 1.807) is 20.3 Å². The van der Waals surface area contributed by atoms with Crippen molar-refractivity contribution in [3.8, 4) is 22.1 Å². The van der Waals surface area contributed by atoms with Crippen molar-refractivity contribution in [1.29, 1.82) is 0 Å². The number of methoxy groups -OCH3 is 2. The van der Waals surface area contributed by atoms with Crippen LogP contribution in [0.25, 0.3) is 10.6 Å². The molecule has 8 nitrogen and oxygen atoms in total. The maximum atomic E-state index is 12.1. The van der Waals surface area contributed by atoms with Crippen LogP contribution in [-0.4, -0.2) is 35.0 Å². The van der Waals surface area contributed by atoms with Crippen molar-refractivity contribution < 1.29 is 19.0 Å². The Hall–Kier alpha value is -3.20. The molecule has 0 N–H and O–H groups in total. The van der Waals surface area contributed by atoms with E-state index in [1.807, 2.05) is 17.5 Å². The van der Waals surface area contributed by atoms with Gasteiger partial charge < -0.3 is 14.2 Å². The third-order valence-corrected chi connectivity index (χ3v) is 4.64. The third kappa shape index (κ3) is 4.14. The second-order valence-electron chi connectivity index (χ2n) is 5.47. The summed E-state index contributed by atoms with van der Waals surface area (Å²) >= 11 is 1.43. The Morgan fingerprint density at radius 1 is 1.15 bits per heavy atom. The monoisotopic (exact) mass is 387 g/mol. The van der Waals surface area contributed by atoms with Gasteiger partial charge in [0.2, 0.25) is 0 Å². The van der Waals surface area contributed by atoms with Gasteiger partial charge in [-0.05, 0) is 24.3 Å². The van der Waals surface area contributed by atoms with Crippen molar-refractivity contribution in [1.82, 2.24) is 14.8 Å². The second kappa shape index (κ2) is 8.00. The number of hydrogen-bond acceptors (Lipinski definition) is 8. The highest BCUT2D eigenvalue weighted by Crippen LogP contribution is 2.33. The largest absolute Gasteiger partial charge is 0.493 e. The summed E-state index contributed by atoms with van der Waals surface area (Å²) in [6.45, 7) is 0.00709. The zero-order valence-corrected chi connectivity index (χ0v) is 15.8. The van der Waals surface area contributed by atoms with Crippen molar-refractivity contribution >= 4 is 17.3 Å². The first-order valence-corrected chi connectivity index (χ1v) is 8.78. The molecule has 140 valence electrons. The van der Waals surface area contributed by atoms with E-state index in [0.29, 0.717) is 17.2 Å². The minimum atomic E-state index is -0.619. The van der Waals surface area contributed by atoms with Crippen LogP contribution in [0.1, 0.15) is 16.2 Å². The number of aryl methyl sites for hydroxylation is 1. The van der Waals surface area contributed by atoms with Gasteiger partial charge in [-0.3, -0.25) is 4.79 Å². The predicted octanol–water partition coefficient (Wildman–Crippen LogP) is 2.28. The van der Waals surface area contributed by atoms with Crippen LogP contribution >= 0.6 is 11.3 Å². The molecule has 9 heteroatoms. The first-order chi connectivity index (χ1) is 13.0. The van der Waals surface area contributed by atoms with Crippen molar-refractivity contribution in [2.24, 2.45) is 7.05 Å². The lowest BCUT2D eigenvalue weighted by Gasteiger charge is -2.08. The number of carbonyl (C=O) groups is 1. The zero-order valence-electron chi connectivity index (χ0n) is 15.0. The van der Waals surface area contributed by atoms with Gasteiger partial charge >= 0.3 is 5.97 Å². The average Bonchev–Trinajstić information content (AvgIpc) is 3.16. The van der Waals surface area contributed by atoms with Gasteiger partial charge in [0.15, 0.2) is 17.2 Å². The first-order valence-electron chi connectivity index (χ1n) is 7.90. The SMILES string of the molecule is COc1ccc(-c2nc(COC(=O)c3ccc(=O)n(C)n3)cs2)cc1OC. The number of esters is 1. The van der Waals surface area contributed by atoms with Crippen molar-refractivity contribution in [2.45, 2.75) is 6.61 Å². The van der Waals surface area contributed by atoms with E-state index in [4.69, 9.17) is 14.2 Å². The van der Waals surface area contributed by atoms with Crippen LogP contribution in [-0.2, 0) is 18.4 Å². The van der Waals surface area contributed by atoms with Crippen molar-refractivity contribution in [3.05, 3.63) is 57.5 Å². The summed E-state index contributed by atoms with van der Waals surface area (Å²) in [5.41, 5.74) is 1.25. The maximum Gasteiger partial charge on any atom is 0.359 e. The summed E-state index contributed by atoms with van der Waals surface area (Å²) in [7, 11) is 4.61. The van der Waals surface area contributed by atoms with E-state index >= 15 is 0 Å². The number of nitrogens with zero attached hydrogens (tertiary/aromatic N) is 3. The minimum absolute atomic E-state index is 0.00709. The van der Waals surface area contributed by atoms with E-state index < -0.39 is 5.97 Å². The summed E-state index contributed by atoms with van der Waals surface area (Å²) in [5.74, 6) is 0.627. The normalized spacial score (nSPS) is 10.5. The molecule has 0 spiro atoms. The second-order valence-corrected chi connectivity index (χ2v) is 6.33. The number of rotatable bonds is 6. The fourth-order valence-electron chi connectivity index (χ4n) is 2.30. The third-order valence-electron chi connectivity index (χ3n) is 3.70. The number of thiazole rings is 1. The Labute approximate surface area is 159 Å². The van der Waals surface area contributed by atoms with Gasteiger partial charge in [-0.2, -0.15) is 5.10 Å².